The summed E-state index contributed by atoms with van der Waals surface area (Å²) in [7, 11) is 1.77. The molecule has 3 rings (SSSR count). The van der Waals surface area contributed by atoms with E-state index in [1.165, 1.54) is 0 Å². The number of halogens is 1. The highest BCUT2D eigenvalue weighted by atomic mass is 35.5. The van der Waals surface area contributed by atoms with Gasteiger partial charge in [-0.3, -0.25) is 14.2 Å². The van der Waals surface area contributed by atoms with E-state index < -0.39 is 0 Å². The first kappa shape index (κ1) is 15.3. The second-order valence-electron chi connectivity index (χ2n) is 5.26. The number of carbonyl (C=O) groups excluding carboxylic acids is 1. The van der Waals surface area contributed by atoms with Crippen molar-refractivity contribution in [2.75, 3.05) is 5.32 Å². The summed E-state index contributed by atoms with van der Waals surface area (Å²) in [6.45, 7) is 2.37. The van der Waals surface area contributed by atoms with Crippen molar-refractivity contribution in [2.24, 2.45) is 7.05 Å². The van der Waals surface area contributed by atoms with E-state index in [9.17, 15) is 4.79 Å². The maximum absolute atomic E-state index is 12.3. The number of anilines is 1. The van der Waals surface area contributed by atoms with Gasteiger partial charge in [0, 0.05) is 19.4 Å². The van der Waals surface area contributed by atoms with Crippen LogP contribution in [0.4, 0.5) is 5.82 Å². The normalized spacial score (nSPS) is 10.7. The summed E-state index contributed by atoms with van der Waals surface area (Å²) in [6.07, 6.45) is 3.36. The minimum absolute atomic E-state index is 0.275. The molecule has 2 aromatic heterocycles. The highest BCUT2D eigenvalue weighted by molar-refractivity contribution is 6.33. The molecule has 0 aliphatic carbocycles. The fourth-order valence-corrected chi connectivity index (χ4v) is 2.53. The SMILES string of the molecule is Cc1nn(C)cc1C(=O)Nc1nn(Cc2ccccc2)cc1Cl. The quantitative estimate of drug-likeness (QED) is 0.800. The molecule has 0 spiro atoms. The molecule has 0 unspecified atom stereocenters. The molecule has 0 aliphatic rings. The van der Waals surface area contributed by atoms with Crippen molar-refractivity contribution < 1.29 is 4.79 Å². The molecule has 0 bridgehead atoms. The van der Waals surface area contributed by atoms with Crippen molar-refractivity contribution >= 4 is 23.3 Å². The summed E-state index contributed by atoms with van der Waals surface area (Å²) < 4.78 is 3.29. The predicted octanol–water partition coefficient (Wildman–Crippen LogP) is 2.88. The van der Waals surface area contributed by atoms with Crippen LogP contribution >= 0.6 is 11.6 Å². The number of nitrogens with one attached hydrogen (secondary N) is 1. The van der Waals surface area contributed by atoms with Crippen LogP contribution in [0.5, 0.6) is 0 Å². The van der Waals surface area contributed by atoms with E-state index in [-0.39, 0.29) is 5.91 Å². The zero-order valence-electron chi connectivity index (χ0n) is 12.8. The molecule has 1 amide bonds. The number of carbonyl (C=O) groups is 1. The Hall–Kier alpha value is -2.60. The van der Waals surface area contributed by atoms with Crippen LogP contribution < -0.4 is 5.32 Å². The lowest BCUT2D eigenvalue weighted by atomic mass is 10.2. The van der Waals surface area contributed by atoms with Gasteiger partial charge in [0.1, 0.15) is 5.02 Å². The van der Waals surface area contributed by atoms with Gasteiger partial charge >= 0.3 is 0 Å². The number of hydrogen-bond acceptors (Lipinski definition) is 3. The smallest absolute Gasteiger partial charge is 0.260 e. The summed E-state index contributed by atoms with van der Waals surface area (Å²) in [5.74, 6) is 0.0679. The minimum atomic E-state index is -0.275. The van der Waals surface area contributed by atoms with Crippen LogP contribution in [0.25, 0.3) is 0 Å². The largest absolute Gasteiger partial charge is 0.304 e. The van der Waals surface area contributed by atoms with E-state index >= 15 is 0 Å². The molecule has 6 nitrogen and oxygen atoms in total. The van der Waals surface area contributed by atoms with Gasteiger partial charge in [-0.2, -0.15) is 10.2 Å². The molecule has 7 heteroatoms. The average Bonchev–Trinajstić information content (AvgIpc) is 3.02. The monoisotopic (exact) mass is 329 g/mol. The summed E-state index contributed by atoms with van der Waals surface area (Å²) in [5.41, 5.74) is 2.26. The van der Waals surface area contributed by atoms with Crippen LogP contribution in [-0.2, 0) is 13.6 Å². The Balaban J connectivity index is 1.76. The van der Waals surface area contributed by atoms with Gasteiger partial charge in [-0.25, -0.2) is 0 Å². The number of aryl methyl sites for hydroxylation is 2. The standard InChI is InChI=1S/C16H16ClN5O/c1-11-13(9-21(2)19-11)16(23)18-15-14(17)10-22(20-15)8-12-6-4-3-5-7-12/h3-7,9-10H,8H2,1-2H3,(H,18,20,23). The van der Waals surface area contributed by atoms with E-state index in [1.807, 2.05) is 30.3 Å². The molecule has 0 saturated carbocycles. The zero-order valence-corrected chi connectivity index (χ0v) is 13.6. The highest BCUT2D eigenvalue weighted by Gasteiger charge is 2.16. The number of rotatable bonds is 4. The summed E-state index contributed by atoms with van der Waals surface area (Å²) in [4.78, 5) is 12.3. The molecule has 0 radical (unpaired) electrons. The molecule has 3 aromatic rings. The van der Waals surface area contributed by atoms with Gasteiger partial charge in [-0.1, -0.05) is 41.9 Å². The van der Waals surface area contributed by atoms with Crippen molar-refractivity contribution in [1.29, 1.82) is 0 Å². The molecule has 0 aliphatic heterocycles. The van der Waals surface area contributed by atoms with E-state index in [1.54, 1.807) is 35.7 Å². The Morgan fingerprint density at radius 2 is 1.96 bits per heavy atom. The lowest BCUT2D eigenvalue weighted by Crippen LogP contribution is -2.13. The van der Waals surface area contributed by atoms with Crippen molar-refractivity contribution in [3.05, 3.63) is 64.6 Å². The van der Waals surface area contributed by atoms with Crippen LogP contribution in [0.1, 0.15) is 21.6 Å². The zero-order chi connectivity index (χ0) is 16.4. The molecule has 0 fully saturated rings. The van der Waals surface area contributed by atoms with Gasteiger partial charge in [0.15, 0.2) is 5.82 Å². The lowest BCUT2D eigenvalue weighted by Gasteiger charge is -2.02. The maximum Gasteiger partial charge on any atom is 0.260 e. The molecule has 1 N–H and O–H groups in total. The molecule has 0 saturated heterocycles. The molecule has 118 valence electrons. The van der Waals surface area contributed by atoms with Crippen molar-refractivity contribution in [1.82, 2.24) is 19.6 Å². The van der Waals surface area contributed by atoms with Gasteiger partial charge in [0.05, 0.1) is 17.8 Å². The third-order valence-electron chi connectivity index (χ3n) is 3.39. The fourth-order valence-electron chi connectivity index (χ4n) is 2.33. The first-order valence-electron chi connectivity index (χ1n) is 7.11. The van der Waals surface area contributed by atoms with Crippen LogP contribution in [0, 0.1) is 6.92 Å². The Morgan fingerprint density at radius 1 is 1.22 bits per heavy atom. The first-order valence-corrected chi connectivity index (χ1v) is 7.49. The fraction of sp³-hybridized carbons (Fsp3) is 0.188. The van der Waals surface area contributed by atoms with Gasteiger partial charge in [0.2, 0.25) is 0 Å². The number of benzene rings is 1. The Labute approximate surface area is 138 Å². The maximum atomic E-state index is 12.3. The number of amides is 1. The Morgan fingerprint density at radius 3 is 2.61 bits per heavy atom. The number of aromatic nitrogens is 4. The summed E-state index contributed by atoms with van der Waals surface area (Å²) >= 11 is 6.17. The first-order chi connectivity index (χ1) is 11.0. The average molecular weight is 330 g/mol. The van der Waals surface area contributed by atoms with Gasteiger partial charge in [0.25, 0.3) is 5.91 Å². The van der Waals surface area contributed by atoms with Gasteiger partial charge in [-0.05, 0) is 12.5 Å². The van der Waals surface area contributed by atoms with Crippen molar-refractivity contribution in [2.45, 2.75) is 13.5 Å². The molecule has 2 heterocycles. The lowest BCUT2D eigenvalue weighted by molar-refractivity contribution is 0.102. The van der Waals surface area contributed by atoms with Crippen LogP contribution in [-0.4, -0.2) is 25.5 Å². The third kappa shape index (κ3) is 3.43. The third-order valence-corrected chi connectivity index (χ3v) is 3.67. The van der Waals surface area contributed by atoms with Crippen molar-refractivity contribution in [3.8, 4) is 0 Å². The Kier molecular flexibility index (Phi) is 4.16. The van der Waals surface area contributed by atoms with Crippen LogP contribution in [0.15, 0.2) is 42.7 Å². The van der Waals surface area contributed by atoms with Crippen molar-refractivity contribution in [3.63, 3.8) is 0 Å². The van der Waals surface area contributed by atoms with Crippen LogP contribution in [0.2, 0.25) is 5.02 Å². The minimum Gasteiger partial charge on any atom is -0.304 e. The topological polar surface area (TPSA) is 64.7 Å². The number of hydrogen-bond donors (Lipinski definition) is 1. The van der Waals surface area contributed by atoms with Crippen LogP contribution in [0.3, 0.4) is 0 Å². The second-order valence-corrected chi connectivity index (χ2v) is 5.67. The van der Waals surface area contributed by atoms with Gasteiger partial charge in [-0.15, -0.1) is 0 Å². The number of nitrogens with zero attached hydrogens (tertiary/aromatic N) is 4. The van der Waals surface area contributed by atoms with E-state index in [2.05, 4.69) is 15.5 Å². The van der Waals surface area contributed by atoms with E-state index in [0.29, 0.717) is 28.6 Å². The highest BCUT2D eigenvalue weighted by Crippen LogP contribution is 2.21. The molecule has 23 heavy (non-hydrogen) atoms. The summed E-state index contributed by atoms with van der Waals surface area (Å²) in [5, 5.41) is 11.6. The molecule has 0 atom stereocenters. The Bertz CT molecular complexity index is 838. The van der Waals surface area contributed by atoms with E-state index in [0.717, 1.165) is 5.56 Å². The predicted molar refractivity (Wildman–Crippen MR) is 88.7 cm³/mol. The van der Waals surface area contributed by atoms with E-state index in [4.69, 9.17) is 11.6 Å². The second kappa shape index (κ2) is 6.26. The molecular weight excluding hydrogens is 314 g/mol. The summed E-state index contributed by atoms with van der Waals surface area (Å²) in [6, 6.07) is 9.91. The van der Waals surface area contributed by atoms with Gasteiger partial charge < -0.3 is 5.32 Å². The molecule has 1 aromatic carbocycles. The molecular formula is C16H16ClN5O.